The van der Waals surface area contributed by atoms with Crippen molar-refractivity contribution in [2.45, 2.75) is 26.2 Å². The number of benzene rings is 1. The topological polar surface area (TPSA) is 76.5 Å². The van der Waals surface area contributed by atoms with Gasteiger partial charge in [-0.05, 0) is 43.9 Å². The summed E-state index contributed by atoms with van der Waals surface area (Å²) in [7, 11) is 0. The van der Waals surface area contributed by atoms with E-state index in [2.05, 4.69) is 0 Å². The predicted octanol–water partition coefficient (Wildman–Crippen LogP) is 2.61. The van der Waals surface area contributed by atoms with Crippen LogP contribution in [0.25, 0.3) is 11.0 Å². The van der Waals surface area contributed by atoms with Crippen LogP contribution in [0.2, 0.25) is 0 Å². The summed E-state index contributed by atoms with van der Waals surface area (Å²) in [6.07, 6.45) is 1.87. The predicted molar refractivity (Wildman–Crippen MR) is 83.3 cm³/mol. The van der Waals surface area contributed by atoms with Crippen molar-refractivity contribution in [3.05, 3.63) is 35.3 Å². The number of amides is 2. The molecule has 1 aromatic heterocycles. The third kappa shape index (κ3) is 3.06. The number of likely N-dealkylation sites (tertiary alicyclic amines) is 1. The standard InChI is InChI=1S/C17H19FN2O3/c1-10-13-9-12(18)2-3-14(13)23-16(10)17(22)20-6-4-11(5-7-20)8-15(19)21/h2-3,9,11H,4-8H2,1H3,(H2,19,21). The Kier molecular flexibility index (Phi) is 4.07. The monoisotopic (exact) mass is 318 g/mol. The van der Waals surface area contributed by atoms with Crippen LogP contribution in [-0.4, -0.2) is 29.8 Å². The number of piperidine rings is 1. The van der Waals surface area contributed by atoms with Gasteiger partial charge in [-0.3, -0.25) is 9.59 Å². The lowest BCUT2D eigenvalue weighted by molar-refractivity contribution is -0.119. The lowest BCUT2D eigenvalue weighted by Crippen LogP contribution is -2.39. The fourth-order valence-corrected chi connectivity index (χ4v) is 3.17. The van der Waals surface area contributed by atoms with Crippen molar-refractivity contribution in [2.24, 2.45) is 11.7 Å². The Morgan fingerprint density at radius 1 is 1.35 bits per heavy atom. The third-order valence-electron chi connectivity index (χ3n) is 4.48. The zero-order valence-corrected chi connectivity index (χ0v) is 13.0. The van der Waals surface area contributed by atoms with Crippen molar-refractivity contribution in [3.63, 3.8) is 0 Å². The summed E-state index contributed by atoms with van der Waals surface area (Å²) in [5, 5.41) is 0.622. The SMILES string of the molecule is Cc1c(C(=O)N2CCC(CC(N)=O)CC2)oc2ccc(F)cc12. The molecule has 5 nitrogen and oxygen atoms in total. The molecule has 0 saturated carbocycles. The highest BCUT2D eigenvalue weighted by Gasteiger charge is 2.28. The Bertz CT molecular complexity index is 761. The van der Waals surface area contributed by atoms with Crippen molar-refractivity contribution < 1.29 is 18.4 Å². The first-order chi connectivity index (χ1) is 11.0. The van der Waals surface area contributed by atoms with Crippen molar-refractivity contribution in [3.8, 4) is 0 Å². The number of hydrogen-bond acceptors (Lipinski definition) is 3. The summed E-state index contributed by atoms with van der Waals surface area (Å²) >= 11 is 0. The van der Waals surface area contributed by atoms with Gasteiger partial charge in [0, 0.05) is 30.5 Å². The molecule has 0 spiro atoms. The molecule has 2 heterocycles. The number of halogens is 1. The van der Waals surface area contributed by atoms with Crippen LogP contribution in [0.15, 0.2) is 22.6 Å². The molecule has 1 aliphatic heterocycles. The van der Waals surface area contributed by atoms with Gasteiger partial charge in [-0.2, -0.15) is 0 Å². The van der Waals surface area contributed by atoms with Gasteiger partial charge in [-0.15, -0.1) is 0 Å². The molecule has 2 N–H and O–H groups in total. The van der Waals surface area contributed by atoms with Crippen molar-refractivity contribution in [1.29, 1.82) is 0 Å². The van der Waals surface area contributed by atoms with E-state index in [-0.39, 0.29) is 29.3 Å². The lowest BCUT2D eigenvalue weighted by Gasteiger charge is -2.31. The summed E-state index contributed by atoms with van der Waals surface area (Å²) < 4.78 is 19.0. The van der Waals surface area contributed by atoms with Crippen LogP contribution >= 0.6 is 0 Å². The second-order valence-corrected chi connectivity index (χ2v) is 6.10. The van der Waals surface area contributed by atoms with Gasteiger partial charge >= 0.3 is 0 Å². The Balaban J connectivity index is 1.76. The first-order valence-corrected chi connectivity index (χ1v) is 7.72. The highest BCUT2D eigenvalue weighted by Crippen LogP contribution is 2.28. The van der Waals surface area contributed by atoms with E-state index in [0.717, 1.165) is 12.8 Å². The van der Waals surface area contributed by atoms with Crippen LogP contribution in [0.5, 0.6) is 0 Å². The van der Waals surface area contributed by atoms with Gasteiger partial charge in [0.2, 0.25) is 5.91 Å². The largest absolute Gasteiger partial charge is 0.451 e. The summed E-state index contributed by atoms with van der Waals surface area (Å²) in [6.45, 7) is 2.90. The quantitative estimate of drug-likeness (QED) is 0.945. The van der Waals surface area contributed by atoms with Crippen molar-refractivity contribution in [2.75, 3.05) is 13.1 Å². The lowest BCUT2D eigenvalue weighted by atomic mass is 9.93. The Morgan fingerprint density at radius 3 is 2.70 bits per heavy atom. The normalized spacial score (nSPS) is 16.0. The van der Waals surface area contributed by atoms with E-state index in [9.17, 15) is 14.0 Å². The van der Waals surface area contributed by atoms with E-state index in [0.29, 0.717) is 36.0 Å². The van der Waals surface area contributed by atoms with Gasteiger partial charge < -0.3 is 15.1 Å². The number of nitrogens with zero attached hydrogens (tertiary/aromatic N) is 1. The van der Waals surface area contributed by atoms with E-state index in [1.165, 1.54) is 18.2 Å². The second-order valence-electron chi connectivity index (χ2n) is 6.10. The van der Waals surface area contributed by atoms with Crippen molar-refractivity contribution in [1.82, 2.24) is 4.90 Å². The molecule has 0 unspecified atom stereocenters. The number of aryl methyl sites for hydroxylation is 1. The van der Waals surface area contributed by atoms with E-state index in [1.807, 2.05) is 0 Å². The van der Waals surface area contributed by atoms with Gasteiger partial charge in [0.15, 0.2) is 5.76 Å². The van der Waals surface area contributed by atoms with Gasteiger partial charge in [0.1, 0.15) is 11.4 Å². The molecule has 0 aliphatic carbocycles. The maximum absolute atomic E-state index is 13.4. The molecule has 0 radical (unpaired) electrons. The minimum Gasteiger partial charge on any atom is -0.451 e. The van der Waals surface area contributed by atoms with Crippen LogP contribution in [0.4, 0.5) is 4.39 Å². The molecule has 0 atom stereocenters. The van der Waals surface area contributed by atoms with Crippen LogP contribution in [0, 0.1) is 18.7 Å². The summed E-state index contributed by atoms with van der Waals surface area (Å²) in [4.78, 5) is 25.3. The van der Waals surface area contributed by atoms with Crippen LogP contribution in [0.1, 0.15) is 35.4 Å². The number of rotatable bonds is 3. The number of hydrogen-bond donors (Lipinski definition) is 1. The number of carbonyl (C=O) groups excluding carboxylic acids is 2. The fourth-order valence-electron chi connectivity index (χ4n) is 3.17. The highest BCUT2D eigenvalue weighted by atomic mass is 19.1. The average molecular weight is 318 g/mol. The number of furan rings is 1. The van der Waals surface area contributed by atoms with Gasteiger partial charge in [0.05, 0.1) is 0 Å². The highest BCUT2D eigenvalue weighted by molar-refractivity contribution is 5.99. The van der Waals surface area contributed by atoms with E-state index >= 15 is 0 Å². The van der Waals surface area contributed by atoms with Crippen molar-refractivity contribution >= 4 is 22.8 Å². The van der Waals surface area contributed by atoms with Gasteiger partial charge in [-0.25, -0.2) is 4.39 Å². The van der Waals surface area contributed by atoms with E-state index in [1.54, 1.807) is 11.8 Å². The fraction of sp³-hybridized carbons (Fsp3) is 0.412. The average Bonchev–Trinajstić information content (AvgIpc) is 2.84. The molecule has 1 aliphatic rings. The second kappa shape index (κ2) is 6.02. The summed E-state index contributed by atoms with van der Waals surface area (Å²) in [5.41, 5.74) is 6.39. The maximum atomic E-state index is 13.4. The van der Waals surface area contributed by atoms with E-state index in [4.69, 9.17) is 10.2 Å². The molecular formula is C17H19FN2O3. The third-order valence-corrected chi connectivity index (χ3v) is 4.48. The molecule has 23 heavy (non-hydrogen) atoms. The molecule has 1 saturated heterocycles. The molecule has 1 aromatic carbocycles. The molecular weight excluding hydrogens is 299 g/mol. The first kappa shape index (κ1) is 15.5. The van der Waals surface area contributed by atoms with Gasteiger partial charge in [-0.1, -0.05) is 0 Å². The molecule has 3 rings (SSSR count). The zero-order valence-electron chi connectivity index (χ0n) is 13.0. The summed E-state index contributed by atoms with van der Waals surface area (Å²) in [6, 6.07) is 4.23. The molecule has 2 aromatic rings. The molecule has 0 bridgehead atoms. The summed E-state index contributed by atoms with van der Waals surface area (Å²) in [5.74, 6) is -0.337. The minimum atomic E-state index is -0.354. The minimum absolute atomic E-state index is 0.184. The molecule has 1 fully saturated rings. The Hall–Kier alpha value is -2.37. The van der Waals surface area contributed by atoms with Crippen LogP contribution < -0.4 is 5.73 Å². The Labute approximate surface area is 133 Å². The van der Waals surface area contributed by atoms with Gasteiger partial charge in [0.25, 0.3) is 5.91 Å². The first-order valence-electron chi connectivity index (χ1n) is 7.72. The number of primary amides is 1. The van der Waals surface area contributed by atoms with E-state index < -0.39 is 0 Å². The number of fused-ring (bicyclic) bond motifs is 1. The molecule has 122 valence electrons. The Morgan fingerprint density at radius 2 is 2.04 bits per heavy atom. The molecule has 2 amide bonds. The molecule has 6 heteroatoms. The number of carbonyl (C=O) groups is 2. The maximum Gasteiger partial charge on any atom is 0.289 e. The van der Waals surface area contributed by atoms with Crippen LogP contribution in [0.3, 0.4) is 0 Å². The smallest absolute Gasteiger partial charge is 0.289 e. The zero-order chi connectivity index (χ0) is 16.6. The van der Waals surface area contributed by atoms with Crippen LogP contribution in [-0.2, 0) is 4.79 Å². The number of nitrogens with two attached hydrogens (primary N) is 1.